The van der Waals surface area contributed by atoms with Gasteiger partial charge in [-0.1, -0.05) is 36.7 Å². The van der Waals surface area contributed by atoms with Gasteiger partial charge in [0.05, 0.1) is 0 Å². The number of hydrogen-bond acceptors (Lipinski definition) is 2. The van der Waals surface area contributed by atoms with Gasteiger partial charge in [0.25, 0.3) is 0 Å². The lowest BCUT2D eigenvalue weighted by molar-refractivity contribution is 0.246. The molecule has 0 radical (unpaired) electrons. The molecule has 1 aromatic rings. The van der Waals surface area contributed by atoms with Crippen molar-refractivity contribution in [3.8, 4) is 0 Å². The molecule has 0 amide bonds. The van der Waals surface area contributed by atoms with Crippen LogP contribution in [0.2, 0.25) is 0 Å². The van der Waals surface area contributed by atoms with Crippen LogP contribution in [0.3, 0.4) is 0 Å². The molecule has 1 aliphatic heterocycles. The molecule has 1 atom stereocenters. The molecule has 0 aliphatic carbocycles. The lowest BCUT2D eigenvalue weighted by atomic mass is 9.88. The van der Waals surface area contributed by atoms with Crippen LogP contribution in [0.1, 0.15) is 40.0 Å². The Morgan fingerprint density at radius 2 is 1.84 bits per heavy atom. The third kappa shape index (κ3) is 3.14. The maximum absolute atomic E-state index is 3.79. The van der Waals surface area contributed by atoms with E-state index in [2.05, 4.69) is 71.2 Å². The van der Waals surface area contributed by atoms with Gasteiger partial charge < -0.3 is 10.2 Å². The first kappa shape index (κ1) is 14.9. The highest BCUT2D eigenvalue weighted by Gasteiger charge is 2.36. The number of nitrogens with zero attached hydrogens (tertiary/aromatic N) is 1. The highest BCUT2D eigenvalue weighted by molar-refractivity contribution is 9.10. The third-order valence-corrected chi connectivity index (χ3v) is 5.14. The van der Waals surface area contributed by atoms with Crippen molar-refractivity contribution in [1.29, 1.82) is 0 Å². The number of rotatable bonds is 4. The van der Waals surface area contributed by atoms with Crippen LogP contribution in [0.25, 0.3) is 0 Å². The number of halogens is 1. The smallest absolute Gasteiger partial charge is 0.0412 e. The number of benzene rings is 1. The first-order valence-electron chi connectivity index (χ1n) is 7.41. The fourth-order valence-corrected chi connectivity index (χ4v) is 3.24. The molecule has 2 nitrogen and oxygen atoms in total. The maximum atomic E-state index is 3.79. The van der Waals surface area contributed by atoms with E-state index in [1.54, 1.807) is 0 Å². The minimum absolute atomic E-state index is 0.277. The Balaban J connectivity index is 2.25. The summed E-state index contributed by atoms with van der Waals surface area (Å²) >= 11 is 3.52. The van der Waals surface area contributed by atoms with Gasteiger partial charge in [0.1, 0.15) is 0 Å². The molecule has 0 bridgehead atoms. The summed E-state index contributed by atoms with van der Waals surface area (Å²) in [5.41, 5.74) is 1.63. The quantitative estimate of drug-likeness (QED) is 0.893. The monoisotopic (exact) mass is 324 g/mol. The Kier molecular flexibility index (Phi) is 4.91. The Morgan fingerprint density at radius 3 is 2.37 bits per heavy atom. The van der Waals surface area contributed by atoms with E-state index >= 15 is 0 Å². The molecule has 0 spiro atoms. The van der Waals surface area contributed by atoms with Crippen molar-refractivity contribution in [3.05, 3.63) is 28.7 Å². The first-order chi connectivity index (χ1) is 9.14. The van der Waals surface area contributed by atoms with Crippen LogP contribution >= 0.6 is 15.9 Å². The van der Waals surface area contributed by atoms with Crippen LogP contribution in [0.5, 0.6) is 0 Å². The van der Waals surface area contributed by atoms with Gasteiger partial charge >= 0.3 is 0 Å². The van der Waals surface area contributed by atoms with E-state index < -0.39 is 0 Å². The number of anilines is 1. The molecule has 1 N–H and O–H groups in total. The van der Waals surface area contributed by atoms with Crippen molar-refractivity contribution in [2.45, 2.75) is 51.6 Å². The summed E-state index contributed by atoms with van der Waals surface area (Å²) in [5.74, 6) is 0. The minimum atomic E-state index is 0.277. The second-order valence-corrected chi connectivity index (χ2v) is 6.45. The Hall–Kier alpha value is -0.540. The van der Waals surface area contributed by atoms with Crippen molar-refractivity contribution >= 4 is 21.6 Å². The molecular weight excluding hydrogens is 300 g/mol. The summed E-state index contributed by atoms with van der Waals surface area (Å²) in [4.78, 5) is 2.59. The molecule has 1 heterocycles. The minimum Gasteiger partial charge on any atom is -0.365 e. The lowest BCUT2D eigenvalue weighted by Gasteiger charge is -2.48. The Morgan fingerprint density at radius 1 is 1.21 bits per heavy atom. The standard InChI is InChI=1S/C16H25BrN2/c1-4-14-11-18-16(5-2,6-3)12-19(14)15-9-7-13(17)8-10-15/h7-10,14,18H,4-6,11-12H2,1-3H3. The van der Waals surface area contributed by atoms with E-state index in [1.807, 2.05) is 0 Å². The van der Waals surface area contributed by atoms with E-state index in [0.717, 1.165) is 17.6 Å². The summed E-state index contributed by atoms with van der Waals surface area (Å²) in [6.07, 6.45) is 3.56. The van der Waals surface area contributed by atoms with Crippen LogP contribution in [0, 0.1) is 0 Å². The molecule has 19 heavy (non-hydrogen) atoms. The van der Waals surface area contributed by atoms with Crippen LogP contribution in [-0.4, -0.2) is 24.7 Å². The summed E-state index contributed by atoms with van der Waals surface area (Å²) in [6.45, 7) is 9.07. The zero-order valence-corrected chi connectivity index (χ0v) is 13.8. The Labute approximate surface area is 125 Å². The van der Waals surface area contributed by atoms with Crippen molar-refractivity contribution in [2.24, 2.45) is 0 Å². The summed E-state index contributed by atoms with van der Waals surface area (Å²) in [7, 11) is 0. The lowest BCUT2D eigenvalue weighted by Crippen LogP contribution is -2.64. The maximum Gasteiger partial charge on any atom is 0.0412 e. The fraction of sp³-hybridized carbons (Fsp3) is 0.625. The van der Waals surface area contributed by atoms with Crippen molar-refractivity contribution in [2.75, 3.05) is 18.0 Å². The van der Waals surface area contributed by atoms with Gasteiger partial charge in [-0.15, -0.1) is 0 Å². The number of hydrogen-bond donors (Lipinski definition) is 1. The van der Waals surface area contributed by atoms with Gasteiger partial charge in [-0.05, 0) is 43.5 Å². The second-order valence-electron chi connectivity index (χ2n) is 5.53. The molecule has 2 rings (SSSR count). The summed E-state index contributed by atoms with van der Waals surface area (Å²) in [6, 6.07) is 9.35. The molecule has 3 heteroatoms. The summed E-state index contributed by atoms with van der Waals surface area (Å²) < 4.78 is 1.15. The highest BCUT2D eigenvalue weighted by Crippen LogP contribution is 2.29. The zero-order valence-electron chi connectivity index (χ0n) is 12.2. The van der Waals surface area contributed by atoms with E-state index in [4.69, 9.17) is 0 Å². The van der Waals surface area contributed by atoms with Crippen LogP contribution < -0.4 is 10.2 Å². The first-order valence-corrected chi connectivity index (χ1v) is 8.20. The fourth-order valence-electron chi connectivity index (χ4n) is 2.98. The molecule has 106 valence electrons. The molecule has 1 fully saturated rings. The molecule has 0 saturated carbocycles. The predicted molar refractivity (Wildman–Crippen MR) is 86.9 cm³/mol. The molecule has 0 aromatic heterocycles. The van der Waals surface area contributed by atoms with Crippen LogP contribution in [0.4, 0.5) is 5.69 Å². The van der Waals surface area contributed by atoms with Crippen LogP contribution in [0.15, 0.2) is 28.7 Å². The van der Waals surface area contributed by atoms with Gasteiger partial charge in [-0.2, -0.15) is 0 Å². The van der Waals surface area contributed by atoms with Crippen molar-refractivity contribution in [3.63, 3.8) is 0 Å². The normalized spacial score (nSPS) is 22.5. The second kappa shape index (κ2) is 6.27. The van der Waals surface area contributed by atoms with Gasteiger partial charge in [0.15, 0.2) is 0 Å². The van der Waals surface area contributed by atoms with E-state index in [-0.39, 0.29) is 5.54 Å². The van der Waals surface area contributed by atoms with Gasteiger partial charge in [-0.3, -0.25) is 0 Å². The van der Waals surface area contributed by atoms with Gasteiger partial charge in [0, 0.05) is 34.8 Å². The van der Waals surface area contributed by atoms with E-state index in [0.29, 0.717) is 6.04 Å². The summed E-state index contributed by atoms with van der Waals surface area (Å²) in [5, 5.41) is 3.79. The predicted octanol–water partition coefficient (Wildman–Crippen LogP) is 4.20. The highest BCUT2D eigenvalue weighted by atomic mass is 79.9. The van der Waals surface area contributed by atoms with Gasteiger partial charge in [0.2, 0.25) is 0 Å². The number of nitrogens with one attached hydrogen (secondary N) is 1. The molecular formula is C16H25BrN2. The largest absolute Gasteiger partial charge is 0.365 e. The third-order valence-electron chi connectivity index (χ3n) is 4.61. The zero-order chi connectivity index (χ0) is 13.9. The molecule has 1 unspecified atom stereocenters. The van der Waals surface area contributed by atoms with Crippen LogP contribution in [-0.2, 0) is 0 Å². The Bertz CT molecular complexity index is 398. The SMILES string of the molecule is CCC1CNC(CC)(CC)CN1c1ccc(Br)cc1. The average Bonchev–Trinajstić information content (AvgIpc) is 2.47. The topological polar surface area (TPSA) is 15.3 Å². The van der Waals surface area contributed by atoms with Crippen molar-refractivity contribution in [1.82, 2.24) is 5.32 Å². The van der Waals surface area contributed by atoms with E-state index in [1.165, 1.54) is 24.9 Å². The van der Waals surface area contributed by atoms with Gasteiger partial charge in [-0.25, -0.2) is 0 Å². The molecule has 1 aliphatic rings. The average molecular weight is 325 g/mol. The van der Waals surface area contributed by atoms with Crippen molar-refractivity contribution < 1.29 is 0 Å². The number of piperazine rings is 1. The van der Waals surface area contributed by atoms with E-state index in [9.17, 15) is 0 Å². The molecule has 1 saturated heterocycles. The molecule has 1 aromatic carbocycles.